The van der Waals surface area contributed by atoms with Crippen LogP contribution in [-0.4, -0.2) is 55.7 Å². The number of nitrogens with one attached hydrogen (secondary N) is 2. The minimum atomic E-state index is -0.264. The molecule has 0 saturated carbocycles. The molecule has 8 nitrogen and oxygen atoms in total. The molecular formula is C28H31N5O3. The minimum absolute atomic E-state index is 0.0533. The lowest BCUT2D eigenvalue weighted by Gasteiger charge is -2.20. The maximum absolute atomic E-state index is 12.7. The van der Waals surface area contributed by atoms with Crippen LogP contribution in [0.1, 0.15) is 30.5 Å². The molecule has 1 saturated heterocycles. The van der Waals surface area contributed by atoms with E-state index in [0.717, 1.165) is 17.4 Å². The van der Waals surface area contributed by atoms with Gasteiger partial charge in [-0.15, -0.1) is 0 Å². The zero-order chi connectivity index (χ0) is 25.5. The van der Waals surface area contributed by atoms with E-state index in [4.69, 9.17) is 9.47 Å². The SMILES string of the molecule is C[C@@H](Nc1c(C#N)cnc2cc(OC3CCOC3)c(NC(=O)C=CCN(C)C)cc12)c1ccccc1. The molecule has 1 aliphatic rings. The number of hydrogen-bond donors (Lipinski definition) is 2. The van der Waals surface area contributed by atoms with E-state index >= 15 is 0 Å². The number of likely N-dealkylation sites (N-methyl/N-ethyl adjacent to an activating group) is 1. The highest BCUT2D eigenvalue weighted by atomic mass is 16.5. The van der Waals surface area contributed by atoms with Crippen LogP contribution < -0.4 is 15.4 Å². The summed E-state index contributed by atoms with van der Waals surface area (Å²) in [5.41, 5.74) is 3.35. The van der Waals surface area contributed by atoms with Crippen molar-refractivity contribution in [1.29, 1.82) is 5.26 Å². The minimum Gasteiger partial charge on any atom is -0.486 e. The van der Waals surface area contributed by atoms with Gasteiger partial charge in [-0.3, -0.25) is 9.78 Å². The lowest BCUT2D eigenvalue weighted by Crippen LogP contribution is -2.18. The molecule has 2 heterocycles. The van der Waals surface area contributed by atoms with Gasteiger partial charge in [0.05, 0.1) is 35.7 Å². The van der Waals surface area contributed by atoms with Gasteiger partial charge in [-0.1, -0.05) is 36.4 Å². The third-order valence-corrected chi connectivity index (χ3v) is 5.93. The number of fused-ring (bicyclic) bond motifs is 1. The standard InChI is InChI=1S/C28H31N5O3/c1-19(20-8-5-4-6-9-20)31-28-21(16-29)17-30-24-15-26(36-22-11-13-35-18-22)25(14-23(24)28)32-27(34)10-7-12-33(2)3/h4-10,14-15,17,19,22H,11-13,18H2,1-3H3,(H,30,31)(H,32,34)/t19-,22?/m1/s1. The first-order valence-electron chi connectivity index (χ1n) is 12.0. The number of anilines is 2. The van der Waals surface area contributed by atoms with Crippen molar-refractivity contribution in [3.05, 3.63) is 71.9 Å². The molecule has 0 aliphatic carbocycles. The molecule has 0 radical (unpaired) electrons. The fourth-order valence-electron chi connectivity index (χ4n) is 4.03. The van der Waals surface area contributed by atoms with Crippen molar-refractivity contribution in [2.24, 2.45) is 0 Å². The molecule has 186 valence electrons. The topological polar surface area (TPSA) is 99.5 Å². The summed E-state index contributed by atoms with van der Waals surface area (Å²) >= 11 is 0. The van der Waals surface area contributed by atoms with Crippen molar-refractivity contribution in [2.45, 2.75) is 25.5 Å². The van der Waals surface area contributed by atoms with Gasteiger partial charge >= 0.3 is 0 Å². The highest BCUT2D eigenvalue weighted by Gasteiger charge is 2.21. The van der Waals surface area contributed by atoms with Crippen LogP contribution in [0.15, 0.2) is 60.8 Å². The lowest BCUT2D eigenvalue weighted by atomic mass is 10.0. The molecule has 2 N–H and O–H groups in total. The van der Waals surface area contributed by atoms with Crippen LogP contribution in [0, 0.1) is 11.3 Å². The zero-order valence-corrected chi connectivity index (χ0v) is 20.8. The number of hydrogen-bond acceptors (Lipinski definition) is 7. The second-order valence-electron chi connectivity index (χ2n) is 9.06. The monoisotopic (exact) mass is 485 g/mol. The molecular weight excluding hydrogens is 454 g/mol. The molecule has 8 heteroatoms. The number of pyridine rings is 1. The average molecular weight is 486 g/mol. The Balaban J connectivity index is 1.73. The molecule has 2 aromatic carbocycles. The van der Waals surface area contributed by atoms with Crippen LogP contribution in [0.25, 0.3) is 10.9 Å². The van der Waals surface area contributed by atoms with Crippen molar-refractivity contribution in [3.63, 3.8) is 0 Å². The van der Waals surface area contributed by atoms with Crippen LogP contribution in [0.2, 0.25) is 0 Å². The van der Waals surface area contributed by atoms with E-state index in [-0.39, 0.29) is 18.1 Å². The summed E-state index contributed by atoms with van der Waals surface area (Å²) in [4.78, 5) is 19.2. The Morgan fingerprint density at radius 2 is 2.14 bits per heavy atom. The molecule has 0 bridgehead atoms. The first-order chi connectivity index (χ1) is 17.4. The Morgan fingerprint density at radius 3 is 2.83 bits per heavy atom. The van der Waals surface area contributed by atoms with E-state index < -0.39 is 0 Å². The molecule has 2 atom stereocenters. The summed E-state index contributed by atoms with van der Waals surface area (Å²) in [5.74, 6) is 0.256. The third kappa shape index (κ3) is 6.19. The number of rotatable bonds is 9. The van der Waals surface area contributed by atoms with Gasteiger partial charge in [0, 0.05) is 42.7 Å². The van der Waals surface area contributed by atoms with Gasteiger partial charge < -0.3 is 25.0 Å². The number of ether oxygens (including phenoxy) is 2. The zero-order valence-electron chi connectivity index (χ0n) is 20.8. The smallest absolute Gasteiger partial charge is 0.248 e. The molecule has 1 fully saturated rings. The average Bonchev–Trinajstić information content (AvgIpc) is 3.38. The second-order valence-corrected chi connectivity index (χ2v) is 9.06. The first kappa shape index (κ1) is 25.2. The van der Waals surface area contributed by atoms with Crippen LogP contribution in [0.4, 0.5) is 11.4 Å². The van der Waals surface area contributed by atoms with E-state index in [0.29, 0.717) is 48.0 Å². The van der Waals surface area contributed by atoms with E-state index in [2.05, 4.69) is 21.7 Å². The van der Waals surface area contributed by atoms with Gasteiger partial charge in [0.1, 0.15) is 17.9 Å². The molecule has 4 rings (SSSR count). The molecule has 36 heavy (non-hydrogen) atoms. The van der Waals surface area contributed by atoms with Crippen molar-refractivity contribution in [2.75, 3.05) is 44.5 Å². The summed E-state index contributed by atoms with van der Waals surface area (Å²) in [7, 11) is 3.87. The second kappa shape index (κ2) is 11.7. The van der Waals surface area contributed by atoms with Gasteiger partial charge in [-0.25, -0.2) is 0 Å². The van der Waals surface area contributed by atoms with Gasteiger partial charge in [-0.2, -0.15) is 5.26 Å². The van der Waals surface area contributed by atoms with Gasteiger partial charge in [0.2, 0.25) is 5.91 Å². The van der Waals surface area contributed by atoms with Crippen LogP contribution in [0.3, 0.4) is 0 Å². The summed E-state index contributed by atoms with van der Waals surface area (Å²) in [5, 5.41) is 17.0. The van der Waals surface area contributed by atoms with E-state index in [9.17, 15) is 10.1 Å². The fourth-order valence-corrected chi connectivity index (χ4v) is 4.03. The Labute approximate surface area is 211 Å². The van der Waals surface area contributed by atoms with Crippen molar-refractivity contribution >= 4 is 28.2 Å². The lowest BCUT2D eigenvalue weighted by molar-refractivity contribution is -0.111. The number of nitrogens with zero attached hydrogens (tertiary/aromatic N) is 3. The molecule has 3 aromatic rings. The van der Waals surface area contributed by atoms with E-state index in [1.807, 2.05) is 68.4 Å². The summed E-state index contributed by atoms with van der Waals surface area (Å²) in [6.07, 6.45) is 5.54. The number of carbonyl (C=O) groups is 1. The fraction of sp³-hybridized carbons (Fsp3) is 0.321. The normalized spacial score (nSPS) is 16.2. The summed E-state index contributed by atoms with van der Waals surface area (Å²) in [6.45, 7) is 3.83. The molecule has 1 unspecified atom stereocenters. The van der Waals surface area contributed by atoms with Crippen molar-refractivity contribution in [1.82, 2.24) is 9.88 Å². The molecule has 0 spiro atoms. The number of amides is 1. The molecule has 1 aromatic heterocycles. The maximum Gasteiger partial charge on any atom is 0.248 e. The Bertz CT molecular complexity index is 1280. The number of benzene rings is 2. The van der Waals surface area contributed by atoms with Crippen molar-refractivity contribution < 1.29 is 14.3 Å². The van der Waals surface area contributed by atoms with Gasteiger partial charge in [0.15, 0.2) is 0 Å². The molecule has 1 aliphatic heterocycles. The van der Waals surface area contributed by atoms with Gasteiger partial charge in [0.25, 0.3) is 0 Å². The maximum atomic E-state index is 12.7. The van der Waals surface area contributed by atoms with Crippen molar-refractivity contribution in [3.8, 4) is 11.8 Å². The van der Waals surface area contributed by atoms with Gasteiger partial charge in [-0.05, 0) is 32.6 Å². The van der Waals surface area contributed by atoms with Crippen LogP contribution >= 0.6 is 0 Å². The highest BCUT2D eigenvalue weighted by molar-refractivity contribution is 6.04. The number of aromatic nitrogens is 1. The Morgan fingerprint density at radius 1 is 1.33 bits per heavy atom. The summed E-state index contributed by atoms with van der Waals surface area (Å²) < 4.78 is 11.7. The van der Waals surface area contributed by atoms with Crippen LogP contribution in [0.5, 0.6) is 5.75 Å². The predicted octanol–water partition coefficient (Wildman–Crippen LogP) is 4.50. The third-order valence-electron chi connectivity index (χ3n) is 5.93. The molecule has 1 amide bonds. The predicted molar refractivity (Wildman–Crippen MR) is 141 cm³/mol. The Hall–Kier alpha value is -3.93. The largest absolute Gasteiger partial charge is 0.486 e. The number of carbonyl (C=O) groups excluding carboxylic acids is 1. The first-order valence-corrected chi connectivity index (χ1v) is 12.0. The highest BCUT2D eigenvalue weighted by Crippen LogP contribution is 2.37. The number of nitriles is 1. The summed E-state index contributed by atoms with van der Waals surface area (Å²) in [6, 6.07) is 15.8. The van der Waals surface area contributed by atoms with E-state index in [1.54, 1.807) is 12.3 Å². The van der Waals surface area contributed by atoms with Crippen LogP contribution in [-0.2, 0) is 9.53 Å². The Kier molecular flexibility index (Phi) is 8.16. The van der Waals surface area contributed by atoms with E-state index in [1.165, 1.54) is 6.08 Å². The quantitative estimate of drug-likeness (QED) is 0.431.